The summed E-state index contributed by atoms with van der Waals surface area (Å²) in [5.41, 5.74) is 0.775. The van der Waals surface area contributed by atoms with E-state index in [4.69, 9.17) is 9.47 Å². The molecule has 1 N–H and O–H groups in total. The normalized spacial score (nSPS) is 16.6. The fraction of sp³-hybridized carbons (Fsp3) is 0.231. The van der Waals surface area contributed by atoms with Crippen molar-refractivity contribution in [3.05, 3.63) is 28.7 Å². The Labute approximate surface area is 115 Å². The van der Waals surface area contributed by atoms with Crippen molar-refractivity contribution in [3.8, 4) is 11.5 Å². The lowest BCUT2D eigenvalue weighted by Gasteiger charge is -2.09. The minimum absolute atomic E-state index is 0.352. The van der Waals surface area contributed by atoms with Gasteiger partial charge in [0.25, 0.3) is 11.1 Å². The van der Waals surface area contributed by atoms with Crippen LogP contribution in [0.25, 0.3) is 6.08 Å². The predicted molar refractivity (Wildman–Crippen MR) is 73.3 cm³/mol. The average molecular weight is 279 g/mol. The highest BCUT2D eigenvalue weighted by atomic mass is 32.2. The van der Waals surface area contributed by atoms with Gasteiger partial charge >= 0.3 is 0 Å². The maximum Gasteiger partial charge on any atom is 0.290 e. The van der Waals surface area contributed by atoms with Gasteiger partial charge in [-0.05, 0) is 42.5 Å². The lowest BCUT2D eigenvalue weighted by molar-refractivity contribution is -0.115. The van der Waals surface area contributed by atoms with Crippen molar-refractivity contribution >= 4 is 29.0 Å². The first-order valence-corrected chi connectivity index (χ1v) is 6.51. The summed E-state index contributed by atoms with van der Waals surface area (Å²) in [7, 11) is 1.56. The van der Waals surface area contributed by atoms with E-state index in [0.717, 1.165) is 17.3 Å². The molecule has 2 rings (SSSR count). The molecule has 0 saturated carbocycles. The van der Waals surface area contributed by atoms with E-state index in [1.54, 1.807) is 31.4 Å². The van der Waals surface area contributed by atoms with Crippen molar-refractivity contribution in [3.63, 3.8) is 0 Å². The number of amides is 2. The number of thioether (sulfide) groups is 1. The smallest absolute Gasteiger partial charge is 0.290 e. The summed E-state index contributed by atoms with van der Waals surface area (Å²) in [6, 6.07) is 5.33. The van der Waals surface area contributed by atoms with Gasteiger partial charge in [0, 0.05) is 0 Å². The van der Waals surface area contributed by atoms with E-state index in [9.17, 15) is 9.59 Å². The number of imide groups is 1. The van der Waals surface area contributed by atoms with Crippen LogP contribution in [0, 0.1) is 0 Å². The molecule has 1 aliphatic rings. The van der Waals surface area contributed by atoms with E-state index in [2.05, 4.69) is 5.32 Å². The molecule has 19 heavy (non-hydrogen) atoms. The zero-order valence-corrected chi connectivity index (χ0v) is 11.4. The molecule has 1 aliphatic heterocycles. The number of hydrogen-bond acceptors (Lipinski definition) is 5. The molecule has 1 aromatic rings. The van der Waals surface area contributed by atoms with Crippen LogP contribution in [0.3, 0.4) is 0 Å². The van der Waals surface area contributed by atoms with Crippen LogP contribution in [0.2, 0.25) is 0 Å². The van der Waals surface area contributed by atoms with Crippen molar-refractivity contribution in [2.45, 2.75) is 6.92 Å². The SMILES string of the molecule is CCOc1cc(/C=C2/SC(=O)NC2=O)ccc1OC. The van der Waals surface area contributed by atoms with Crippen LogP contribution in [0.1, 0.15) is 12.5 Å². The third-order valence-electron chi connectivity index (χ3n) is 2.43. The molecule has 0 spiro atoms. The van der Waals surface area contributed by atoms with E-state index < -0.39 is 0 Å². The molecule has 1 aromatic carbocycles. The van der Waals surface area contributed by atoms with Crippen molar-refractivity contribution in [2.24, 2.45) is 0 Å². The molecule has 5 nitrogen and oxygen atoms in total. The minimum Gasteiger partial charge on any atom is -0.493 e. The summed E-state index contributed by atoms with van der Waals surface area (Å²) in [5.74, 6) is 0.862. The van der Waals surface area contributed by atoms with E-state index in [-0.39, 0.29) is 11.1 Å². The van der Waals surface area contributed by atoms with E-state index >= 15 is 0 Å². The van der Waals surface area contributed by atoms with Gasteiger partial charge in [0.05, 0.1) is 18.6 Å². The standard InChI is InChI=1S/C13H13NO4S/c1-3-18-10-6-8(4-5-9(10)17-2)7-11-12(15)14-13(16)19-11/h4-7H,3H2,1-2H3,(H,14,15,16)/b11-7+. The molecule has 2 amide bonds. The Kier molecular flexibility index (Phi) is 4.11. The number of benzene rings is 1. The highest BCUT2D eigenvalue weighted by Crippen LogP contribution is 2.31. The highest BCUT2D eigenvalue weighted by molar-refractivity contribution is 8.18. The molecule has 1 saturated heterocycles. The third kappa shape index (κ3) is 3.08. The van der Waals surface area contributed by atoms with Gasteiger partial charge in [-0.25, -0.2) is 0 Å². The Morgan fingerprint density at radius 2 is 2.11 bits per heavy atom. The maximum absolute atomic E-state index is 11.4. The van der Waals surface area contributed by atoms with Crippen LogP contribution >= 0.6 is 11.8 Å². The number of nitrogens with one attached hydrogen (secondary N) is 1. The second-order valence-corrected chi connectivity index (χ2v) is 4.71. The second-order valence-electron chi connectivity index (χ2n) is 3.70. The minimum atomic E-state index is -0.372. The fourth-order valence-corrected chi connectivity index (χ4v) is 2.31. The van der Waals surface area contributed by atoms with Crippen LogP contribution in [-0.4, -0.2) is 24.9 Å². The molecular formula is C13H13NO4S. The van der Waals surface area contributed by atoms with Gasteiger partial charge in [0.1, 0.15) is 0 Å². The molecule has 0 unspecified atom stereocenters. The quantitative estimate of drug-likeness (QED) is 0.857. The van der Waals surface area contributed by atoms with Crippen molar-refractivity contribution < 1.29 is 19.1 Å². The topological polar surface area (TPSA) is 64.6 Å². The first-order chi connectivity index (χ1) is 9.13. The average Bonchev–Trinajstić information content (AvgIpc) is 2.69. The predicted octanol–water partition coefficient (Wildman–Crippen LogP) is 2.42. The molecule has 0 radical (unpaired) electrons. The number of hydrogen-bond donors (Lipinski definition) is 1. The number of carbonyl (C=O) groups is 2. The van der Waals surface area contributed by atoms with Gasteiger partial charge in [0.15, 0.2) is 11.5 Å². The van der Waals surface area contributed by atoms with Crippen LogP contribution in [0.15, 0.2) is 23.1 Å². The molecule has 1 fully saturated rings. The zero-order valence-electron chi connectivity index (χ0n) is 10.6. The fourth-order valence-electron chi connectivity index (χ4n) is 1.62. The maximum atomic E-state index is 11.4. The van der Waals surface area contributed by atoms with E-state index in [1.165, 1.54) is 0 Å². The Bertz CT molecular complexity index is 554. The lowest BCUT2D eigenvalue weighted by Crippen LogP contribution is -2.17. The molecular weight excluding hydrogens is 266 g/mol. The highest BCUT2D eigenvalue weighted by Gasteiger charge is 2.25. The Balaban J connectivity index is 2.31. The largest absolute Gasteiger partial charge is 0.493 e. The third-order valence-corrected chi connectivity index (χ3v) is 3.24. The summed E-state index contributed by atoms with van der Waals surface area (Å²) in [5, 5.41) is 1.86. The Morgan fingerprint density at radius 1 is 1.32 bits per heavy atom. The van der Waals surface area contributed by atoms with Gasteiger partial charge in [-0.2, -0.15) is 0 Å². The molecule has 0 atom stereocenters. The van der Waals surface area contributed by atoms with Gasteiger partial charge in [-0.1, -0.05) is 6.07 Å². The van der Waals surface area contributed by atoms with Gasteiger partial charge < -0.3 is 9.47 Å². The summed E-state index contributed by atoms with van der Waals surface area (Å²) in [6.07, 6.45) is 1.65. The van der Waals surface area contributed by atoms with Gasteiger partial charge in [0.2, 0.25) is 0 Å². The first-order valence-electron chi connectivity index (χ1n) is 5.69. The van der Waals surface area contributed by atoms with Crippen LogP contribution in [0.4, 0.5) is 4.79 Å². The number of carbonyl (C=O) groups excluding carboxylic acids is 2. The summed E-state index contributed by atoms with van der Waals surface area (Å²) < 4.78 is 10.6. The second kappa shape index (κ2) is 5.79. The molecule has 0 bridgehead atoms. The van der Waals surface area contributed by atoms with E-state index in [1.807, 2.05) is 6.92 Å². The van der Waals surface area contributed by atoms with Crippen LogP contribution in [-0.2, 0) is 4.79 Å². The first kappa shape index (κ1) is 13.5. The van der Waals surface area contributed by atoms with Gasteiger partial charge in [-0.3, -0.25) is 14.9 Å². The van der Waals surface area contributed by atoms with Gasteiger partial charge in [-0.15, -0.1) is 0 Å². The molecule has 1 heterocycles. The molecule has 0 aromatic heterocycles. The molecule has 100 valence electrons. The number of rotatable bonds is 4. The Morgan fingerprint density at radius 3 is 2.68 bits per heavy atom. The molecule has 0 aliphatic carbocycles. The number of methoxy groups -OCH3 is 1. The lowest BCUT2D eigenvalue weighted by atomic mass is 10.2. The number of ether oxygens (including phenoxy) is 2. The van der Waals surface area contributed by atoms with Crippen molar-refractivity contribution in [1.82, 2.24) is 5.32 Å². The monoisotopic (exact) mass is 279 g/mol. The van der Waals surface area contributed by atoms with E-state index in [0.29, 0.717) is 23.0 Å². The molecule has 6 heteroatoms. The van der Waals surface area contributed by atoms with Crippen molar-refractivity contribution in [2.75, 3.05) is 13.7 Å². The summed E-state index contributed by atoms with van der Waals surface area (Å²) in [6.45, 7) is 2.40. The summed E-state index contributed by atoms with van der Waals surface area (Å²) >= 11 is 0.887. The Hall–Kier alpha value is -1.95. The zero-order chi connectivity index (χ0) is 13.8. The summed E-state index contributed by atoms with van der Waals surface area (Å²) in [4.78, 5) is 22.9. The van der Waals surface area contributed by atoms with Crippen molar-refractivity contribution in [1.29, 1.82) is 0 Å². The van der Waals surface area contributed by atoms with Crippen LogP contribution in [0.5, 0.6) is 11.5 Å². The van der Waals surface area contributed by atoms with Crippen LogP contribution < -0.4 is 14.8 Å².